The van der Waals surface area contributed by atoms with Crippen LogP contribution in [0.3, 0.4) is 0 Å². The Bertz CT molecular complexity index is 574. The summed E-state index contributed by atoms with van der Waals surface area (Å²) < 4.78 is 10.8. The highest BCUT2D eigenvalue weighted by Crippen LogP contribution is 2.24. The van der Waals surface area contributed by atoms with Crippen LogP contribution >= 0.6 is 11.6 Å². The topological polar surface area (TPSA) is 58.7 Å². The van der Waals surface area contributed by atoms with E-state index in [1.807, 2.05) is 12.1 Å². The summed E-state index contributed by atoms with van der Waals surface area (Å²) in [6, 6.07) is 7.48. The first kappa shape index (κ1) is 15.5. The Hall–Kier alpha value is -1.40. The Balaban J connectivity index is 1.64. The van der Waals surface area contributed by atoms with Crippen molar-refractivity contribution in [1.82, 2.24) is 9.88 Å². The number of aliphatic hydroxyl groups is 1. The fourth-order valence-corrected chi connectivity index (χ4v) is 2.79. The zero-order valence-corrected chi connectivity index (χ0v) is 12.9. The van der Waals surface area contributed by atoms with Crippen LogP contribution in [0.1, 0.15) is 24.0 Å². The Labute approximate surface area is 134 Å². The van der Waals surface area contributed by atoms with E-state index in [2.05, 4.69) is 9.88 Å². The highest BCUT2D eigenvalue weighted by molar-refractivity contribution is 6.30. The molecule has 0 spiro atoms. The molecule has 1 aliphatic rings. The van der Waals surface area contributed by atoms with Crippen molar-refractivity contribution in [2.24, 2.45) is 0 Å². The maximum atomic E-state index is 10.3. The molecule has 1 N–H and O–H groups in total. The summed E-state index contributed by atoms with van der Waals surface area (Å²) in [7, 11) is 0. The molecule has 2 atom stereocenters. The van der Waals surface area contributed by atoms with E-state index in [9.17, 15) is 5.11 Å². The first-order valence-corrected chi connectivity index (χ1v) is 7.74. The molecule has 5 nitrogen and oxygen atoms in total. The largest absolute Gasteiger partial charge is 0.467 e. The Morgan fingerprint density at radius 1 is 1.41 bits per heavy atom. The normalized spacial score (nSPS) is 20.9. The van der Waals surface area contributed by atoms with Gasteiger partial charge in [0.15, 0.2) is 0 Å². The van der Waals surface area contributed by atoms with Crippen LogP contribution < -0.4 is 0 Å². The smallest absolute Gasteiger partial charge is 0.132 e. The van der Waals surface area contributed by atoms with Crippen molar-refractivity contribution in [2.75, 3.05) is 19.8 Å². The van der Waals surface area contributed by atoms with Crippen LogP contribution in [-0.2, 0) is 11.3 Å². The van der Waals surface area contributed by atoms with Gasteiger partial charge in [-0.15, -0.1) is 0 Å². The minimum absolute atomic E-state index is 0.131. The molecule has 1 fully saturated rings. The number of ether oxygens (including phenoxy) is 1. The third kappa shape index (κ3) is 3.87. The fourth-order valence-electron chi connectivity index (χ4n) is 2.68. The average Bonchev–Trinajstić information content (AvgIpc) is 3.06. The van der Waals surface area contributed by atoms with Gasteiger partial charge in [0, 0.05) is 25.3 Å². The second-order valence-electron chi connectivity index (χ2n) is 5.43. The van der Waals surface area contributed by atoms with Crippen LogP contribution in [0.25, 0.3) is 0 Å². The third-order valence-corrected chi connectivity index (χ3v) is 4.09. The van der Waals surface area contributed by atoms with Crippen molar-refractivity contribution in [1.29, 1.82) is 0 Å². The number of hydrogen-bond donors (Lipinski definition) is 1. The Morgan fingerprint density at radius 2 is 2.32 bits per heavy atom. The first-order chi connectivity index (χ1) is 10.7. The summed E-state index contributed by atoms with van der Waals surface area (Å²) in [4.78, 5) is 6.62. The predicted molar refractivity (Wildman–Crippen MR) is 82.5 cm³/mol. The van der Waals surface area contributed by atoms with Crippen molar-refractivity contribution in [2.45, 2.75) is 25.1 Å². The van der Waals surface area contributed by atoms with Crippen LogP contribution in [0.4, 0.5) is 0 Å². The maximum absolute atomic E-state index is 10.3. The molecule has 3 heterocycles. The lowest BCUT2D eigenvalue weighted by molar-refractivity contribution is -0.0327. The molecule has 118 valence electrons. The standard InChI is InChI=1S/C16H19ClN2O3/c17-12-3-4-13(18-9-12)10-19-5-7-21-11-14(19)8-15(20)16-2-1-6-22-16/h1-4,6,9,14-15,20H,5,7-8,10-11H2. The molecule has 0 saturated carbocycles. The van der Waals surface area contributed by atoms with Gasteiger partial charge in [-0.1, -0.05) is 11.6 Å². The number of aliphatic hydroxyl groups excluding tert-OH is 1. The molecule has 22 heavy (non-hydrogen) atoms. The number of nitrogens with zero attached hydrogens (tertiary/aromatic N) is 2. The molecule has 1 saturated heterocycles. The molecule has 0 amide bonds. The number of halogens is 1. The molecule has 0 aliphatic carbocycles. The van der Waals surface area contributed by atoms with Gasteiger partial charge < -0.3 is 14.3 Å². The molecule has 2 unspecified atom stereocenters. The monoisotopic (exact) mass is 322 g/mol. The minimum atomic E-state index is -0.623. The fraction of sp³-hybridized carbons (Fsp3) is 0.438. The van der Waals surface area contributed by atoms with Crippen LogP contribution in [0, 0.1) is 0 Å². The second-order valence-corrected chi connectivity index (χ2v) is 5.87. The van der Waals surface area contributed by atoms with Gasteiger partial charge in [0.2, 0.25) is 0 Å². The van der Waals surface area contributed by atoms with Crippen molar-refractivity contribution >= 4 is 11.6 Å². The van der Waals surface area contributed by atoms with Gasteiger partial charge in [0.05, 0.1) is 30.2 Å². The summed E-state index contributed by atoms with van der Waals surface area (Å²) >= 11 is 5.87. The Kier molecular flexibility index (Phi) is 5.10. The van der Waals surface area contributed by atoms with Gasteiger partial charge in [-0.05, 0) is 30.7 Å². The van der Waals surface area contributed by atoms with Gasteiger partial charge in [0.25, 0.3) is 0 Å². The molecule has 6 heteroatoms. The van der Waals surface area contributed by atoms with Gasteiger partial charge in [-0.3, -0.25) is 9.88 Å². The lowest BCUT2D eigenvalue weighted by Gasteiger charge is -2.36. The zero-order chi connectivity index (χ0) is 15.4. The molecular formula is C16H19ClN2O3. The number of aromatic nitrogens is 1. The van der Waals surface area contributed by atoms with E-state index in [1.165, 1.54) is 0 Å². The van der Waals surface area contributed by atoms with Crippen molar-refractivity contribution in [3.63, 3.8) is 0 Å². The second kappa shape index (κ2) is 7.24. The van der Waals surface area contributed by atoms with E-state index in [0.29, 0.717) is 30.4 Å². The van der Waals surface area contributed by atoms with Crippen LogP contribution in [0.2, 0.25) is 5.02 Å². The van der Waals surface area contributed by atoms with Gasteiger partial charge in [-0.2, -0.15) is 0 Å². The highest BCUT2D eigenvalue weighted by Gasteiger charge is 2.27. The molecular weight excluding hydrogens is 304 g/mol. The van der Waals surface area contributed by atoms with Crippen molar-refractivity contribution < 1.29 is 14.3 Å². The SMILES string of the molecule is OC(CC1COCCN1Cc1ccc(Cl)cn1)c1ccco1. The van der Waals surface area contributed by atoms with Gasteiger partial charge >= 0.3 is 0 Å². The van der Waals surface area contributed by atoms with Crippen molar-refractivity contribution in [3.8, 4) is 0 Å². The van der Waals surface area contributed by atoms with Gasteiger partial charge in [-0.25, -0.2) is 0 Å². The zero-order valence-electron chi connectivity index (χ0n) is 12.2. The molecule has 0 radical (unpaired) electrons. The quantitative estimate of drug-likeness (QED) is 0.917. The number of furan rings is 1. The van der Waals surface area contributed by atoms with E-state index in [0.717, 1.165) is 18.8 Å². The summed E-state index contributed by atoms with van der Waals surface area (Å²) in [5, 5.41) is 10.9. The summed E-state index contributed by atoms with van der Waals surface area (Å²) in [6.45, 7) is 2.84. The van der Waals surface area contributed by atoms with Crippen LogP contribution in [0.5, 0.6) is 0 Å². The number of pyridine rings is 1. The van der Waals surface area contributed by atoms with E-state index >= 15 is 0 Å². The maximum Gasteiger partial charge on any atom is 0.132 e. The van der Waals surface area contributed by atoms with E-state index < -0.39 is 6.10 Å². The number of rotatable bonds is 5. The molecule has 0 bridgehead atoms. The molecule has 0 aromatic carbocycles. The van der Waals surface area contributed by atoms with E-state index in [1.54, 1.807) is 24.6 Å². The molecule has 3 rings (SSSR count). The van der Waals surface area contributed by atoms with Crippen LogP contribution in [-0.4, -0.2) is 40.8 Å². The third-order valence-electron chi connectivity index (χ3n) is 3.87. The van der Waals surface area contributed by atoms with Crippen LogP contribution in [0.15, 0.2) is 41.1 Å². The minimum Gasteiger partial charge on any atom is -0.467 e. The average molecular weight is 323 g/mol. The van der Waals surface area contributed by atoms with Crippen molar-refractivity contribution in [3.05, 3.63) is 53.2 Å². The predicted octanol–water partition coefficient (Wildman–Crippen LogP) is 2.65. The lowest BCUT2D eigenvalue weighted by atomic mass is 10.1. The number of hydrogen-bond acceptors (Lipinski definition) is 5. The van der Waals surface area contributed by atoms with Gasteiger partial charge in [0.1, 0.15) is 11.9 Å². The Morgan fingerprint density at radius 3 is 3.05 bits per heavy atom. The molecule has 2 aromatic rings. The summed E-state index contributed by atoms with van der Waals surface area (Å²) in [5.74, 6) is 0.593. The number of morpholine rings is 1. The summed E-state index contributed by atoms with van der Waals surface area (Å²) in [5.41, 5.74) is 0.962. The highest BCUT2D eigenvalue weighted by atomic mass is 35.5. The van der Waals surface area contributed by atoms with E-state index in [4.69, 9.17) is 20.8 Å². The lowest BCUT2D eigenvalue weighted by Crippen LogP contribution is -2.45. The molecule has 1 aliphatic heterocycles. The summed E-state index contributed by atoms with van der Waals surface area (Å²) in [6.07, 6.45) is 3.18. The molecule has 2 aromatic heterocycles. The van der Waals surface area contributed by atoms with E-state index in [-0.39, 0.29) is 6.04 Å². The first-order valence-electron chi connectivity index (χ1n) is 7.36.